The molecule has 0 radical (unpaired) electrons. The zero-order valence-electron chi connectivity index (χ0n) is 16.4. The molecule has 0 heterocycles. The molecule has 3 aromatic rings. The highest BCUT2D eigenvalue weighted by Crippen LogP contribution is 2.29. The summed E-state index contributed by atoms with van der Waals surface area (Å²) in [6.45, 7) is -0.332. The number of benzene rings is 3. The van der Waals surface area contributed by atoms with E-state index >= 15 is 0 Å². The van der Waals surface area contributed by atoms with Crippen LogP contribution >= 0.6 is 0 Å². The van der Waals surface area contributed by atoms with E-state index < -0.39 is 15.9 Å². The number of rotatable bonds is 8. The normalized spacial score (nSPS) is 11.5. The first-order chi connectivity index (χ1) is 14.4. The van der Waals surface area contributed by atoms with Gasteiger partial charge in [-0.2, -0.15) is 4.31 Å². The van der Waals surface area contributed by atoms with Crippen LogP contribution in [0.1, 0.15) is 5.56 Å². The summed E-state index contributed by atoms with van der Waals surface area (Å²) in [5, 5.41) is 3.80. The quantitative estimate of drug-likeness (QED) is 0.586. The van der Waals surface area contributed by atoms with Crippen molar-refractivity contribution in [3.8, 4) is 11.5 Å². The molecule has 0 bridgehead atoms. The van der Waals surface area contributed by atoms with E-state index in [1.807, 2.05) is 36.4 Å². The number of amides is 1. The second kappa shape index (κ2) is 9.87. The summed E-state index contributed by atoms with van der Waals surface area (Å²) < 4.78 is 31.7. The molecule has 0 saturated carbocycles. The highest BCUT2D eigenvalue weighted by Gasteiger charge is 2.18. The van der Waals surface area contributed by atoms with E-state index in [1.165, 1.54) is 13.1 Å². The zero-order chi connectivity index (χ0) is 21.4. The number of carbonyl (C=O) groups is 1. The average Bonchev–Trinajstić information content (AvgIpc) is 2.75. The van der Waals surface area contributed by atoms with Crippen LogP contribution in [0.2, 0.25) is 0 Å². The van der Waals surface area contributed by atoms with Crippen molar-refractivity contribution < 1.29 is 17.9 Å². The van der Waals surface area contributed by atoms with Gasteiger partial charge < -0.3 is 10.1 Å². The number of hydrogen-bond acceptors (Lipinski definition) is 4. The Morgan fingerprint density at radius 1 is 0.933 bits per heavy atom. The number of sulfonamides is 1. The van der Waals surface area contributed by atoms with Crippen molar-refractivity contribution in [1.29, 1.82) is 0 Å². The van der Waals surface area contributed by atoms with Gasteiger partial charge >= 0.3 is 0 Å². The van der Waals surface area contributed by atoms with Gasteiger partial charge in [-0.15, -0.1) is 0 Å². The van der Waals surface area contributed by atoms with Gasteiger partial charge in [0.1, 0.15) is 5.75 Å². The van der Waals surface area contributed by atoms with Crippen LogP contribution in [0.15, 0.2) is 90.3 Å². The lowest BCUT2D eigenvalue weighted by atomic mass is 10.2. The predicted molar refractivity (Wildman–Crippen MR) is 119 cm³/mol. The summed E-state index contributed by atoms with van der Waals surface area (Å²) in [6, 6.07) is 25.2. The van der Waals surface area contributed by atoms with Crippen molar-refractivity contribution in [3.05, 3.63) is 95.9 Å². The van der Waals surface area contributed by atoms with Gasteiger partial charge in [-0.1, -0.05) is 60.7 Å². The minimum Gasteiger partial charge on any atom is -0.455 e. The third kappa shape index (κ3) is 6.04. The van der Waals surface area contributed by atoms with Gasteiger partial charge in [-0.05, 0) is 35.9 Å². The lowest BCUT2D eigenvalue weighted by molar-refractivity contribution is -0.116. The summed E-state index contributed by atoms with van der Waals surface area (Å²) in [4.78, 5) is 12.5. The molecule has 1 amide bonds. The summed E-state index contributed by atoms with van der Waals surface area (Å²) in [6.07, 6.45) is 1.49. The smallest absolute Gasteiger partial charge is 0.239 e. The molecular weight excluding hydrogens is 400 g/mol. The molecule has 3 aromatic carbocycles. The molecule has 6 nitrogen and oxygen atoms in total. The molecule has 0 aliphatic carbocycles. The van der Waals surface area contributed by atoms with Crippen LogP contribution in [0.25, 0.3) is 6.08 Å². The lowest BCUT2D eigenvalue weighted by Crippen LogP contribution is -2.33. The van der Waals surface area contributed by atoms with Crippen molar-refractivity contribution in [2.45, 2.75) is 0 Å². The van der Waals surface area contributed by atoms with E-state index in [0.717, 1.165) is 15.3 Å². The first-order valence-corrected chi connectivity index (χ1v) is 10.8. The van der Waals surface area contributed by atoms with E-state index in [1.54, 1.807) is 48.5 Å². The SMILES string of the molecule is CN(CC(=O)Nc1ccccc1Oc1ccccc1)S(=O)(=O)/C=C/c1ccccc1. The molecule has 0 atom stereocenters. The number of carbonyl (C=O) groups excluding carboxylic acids is 1. The first-order valence-electron chi connectivity index (χ1n) is 9.25. The van der Waals surface area contributed by atoms with Gasteiger partial charge in [0.2, 0.25) is 15.9 Å². The summed E-state index contributed by atoms with van der Waals surface area (Å²) in [5.74, 6) is 0.620. The Kier molecular flexibility index (Phi) is 7.00. The Morgan fingerprint density at radius 3 is 2.23 bits per heavy atom. The maximum atomic E-state index is 12.5. The van der Waals surface area contributed by atoms with E-state index in [-0.39, 0.29) is 6.54 Å². The first kappa shape index (κ1) is 21.3. The fourth-order valence-corrected chi connectivity index (χ4v) is 3.42. The van der Waals surface area contributed by atoms with E-state index in [0.29, 0.717) is 17.2 Å². The second-order valence-electron chi connectivity index (χ2n) is 6.47. The maximum Gasteiger partial charge on any atom is 0.239 e. The average molecular weight is 423 g/mol. The Morgan fingerprint density at radius 2 is 1.53 bits per heavy atom. The molecule has 1 N–H and O–H groups in total. The highest BCUT2D eigenvalue weighted by atomic mass is 32.2. The number of likely N-dealkylation sites (N-methyl/N-ethyl adjacent to an activating group) is 1. The molecule has 0 unspecified atom stereocenters. The van der Waals surface area contributed by atoms with Gasteiger partial charge in [0.05, 0.1) is 12.2 Å². The van der Waals surface area contributed by atoms with Crippen molar-refractivity contribution >= 4 is 27.7 Å². The molecule has 3 rings (SSSR count). The molecule has 0 aliphatic heterocycles. The van der Waals surface area contributed by atoms with Crippen LogP contribution in [-0.4, -0.2) is 32.2 Å². The fraction of sp³-hybridized carbons (Fsp3) is 0.0870. The van der Waals surface area contributed by atoms with Crippen molar-refractivity contribution in [2.24, 2.45) is 0 Å². The number of para-hydroxylation sites is 3. The van der Waals surface area contributed by atoms with Gasteiger partial charge in [0, 0.05) is 12.5 Å². The lowest BCUT2D eigenvalue weighted by Gasteiger charge is -2.16. The molecular formula is C23H22N2O4S. The second-order valence-corrected chi connectivity index (χ2v) is 8.40. The molecule has 0 saturated heterocycles. The molecule has 0 aliphatic rings. The fourth-order valence-electron chi connectivity index (χ4n) is 2.59. The highest BCUT2D eigenvalue weighted by molar-refractivity contribution is 7.92. The van der Waals surface area contributed by atoms with Gasteiger partial charge in [-0.25, -0.2) is 8.42 Å². The van der Waals surface area contributed by atoms with Crippen molar-refractivity contribution in [2.75, 3.05) is 18.9 Å². The number of ether oxygens (including phenoxy) is 1. The maximum absolute atomic E-state index is 12.5. The molecule has 0 fully saturated rings. The number of nitrogens with zero attached hydrogens (tertiary/aromatic N) is 1. The monoisotopic (exact) mass is 422 g/mol. The summed E-state index contributed by atoms with van der Waals surface area (Å²) in [7, 11) is -2.39. The minimum atomic E-state index is -3.74. The predicted octanol–water partition coefficient (Wildman–Crippen LogP) is 4.35. The van der Waals surface area contributed by atoms with Crippen LogP contribution in [0.5, 0.6) is 11.5 Å². The third-order valence-electron chi connectivity index (χ3n) is 4.16. The number of hydrogen-bond donors (Lipinski definition) is 1. The Hall–Kier alpha value is -3.42. The van der Waals surface area contributed by atoms with Crippen LogP contribution in [0.4, 0.5) is 5.69 Å². The van der Waals surface area contributed by atoms with E-state index in [4.69, 9.17) is 4.74 Å². The summed E-state index contributed by atoms with van der Waals surface area (Å²) in [5.41, 5.74) is 1.21. The van der Waals surface area contributed by atoms with Crippen LogP contribution < -0.4 is 10.1 Å². The van der Waals surface area contributed by atoms with Gasteiger partial charge in [0.15, 0.2) is 5.75 Å². The molecule has 30 heavy (non-hydrogen) atoms. The molecule has 0 spiro atoms. The molecule has 7 heteroatoms. The largest absolute Gasteiger partial charge is 0.455 e. The summed E-state index contributed by atoms with van der Waals surface area (Å²) >= 11 is 0. The van der Waals surface area contributed by atoms with Crippen LogP contribution in [-0.2, 0) is 14.8 Å². The minimum absolute atomic E-state index is 0.332. The van der Waals surface area contributed by atoms with E-state index in [2.05, 4.69) is 5.32 Å². The Bertz CT molecular complexity index is 1110. The van der Waals surface area contributed by atoms with E-state index in [9.17, 15) is 13.2 Å². The molecule has 0 aromatic heterocycles. The van der Waals surface area contributed by atoms with Gasteiger partial charge in [0.25, 0.3) is 0 Å². The zero-order valence-corrected chi connectivity index (χ0v) is 17.2. The van der Waals surface area contributed by atoms with Crippen molar-refractivity contribution in [3.63, 3.8) is 0 Å². The van der Waals surface area contributed by atoms with Gasteiger partial charge in [-0.3, -0.25) is 4.79 Å². The third-order valence-corrected chi connectivity index (χ3v) is 5.64. The van der Waals surface area contributed by atoms with Crippen LogP contribution in [0, 0.1) is 0 Å². The Labute approximate surface area is 176 Å². The Balaban J connectivity index is 1.65. The van der Waals surface area contributed by atoms with Crippen LogP contribution in [0.3, 0.4) is 0 Å². The van der Waals surface area contributed by atoms with Crippen molar-refractivity contribution in [1.82, 2.24) is 4.31 Å². The topological polar surface area (TPSA) is 75.7 Å². The number of nitrogens with one attached hydrogen (secondary N) is 1. The number of anilines is 1. The standard InChI is InChI=1S/C23H22N2O4S/c1-25(30(27,28)17-16-19-10-4-2-5-11-19)18-23(26)24-21-14-8-9-15-22(21)29-20-12-6-3-7-13-20/h2-17H,18H2,1H3,(H,24,26)/b17-16+. The molecule has 154 valence electrons.